The van der Waals surface area contributed by atoms with Crippen LogP contribution >= 0.6 is 11.3 Å². The van der Waals surface area contributed by atoms with Crippen LogP contribution in [0.1, 0.15) is 48.7 Å². The molecule has 2 unspecified atom stereocenters. The first-order valence-electron chi connectivity index (χ1n) is 8.25. The number of hydrogen-bond donors (Lipinski definition) is 2. The number of nitrogens with zero attached hydrogens (tertiary/aromatic N) is 2. The van der Waals surface area contributed by atoms with Crippen molar-refractivity contribution in [1.82, 2.24) is 15.2 Å². The van der Waals surface area contributed by atoms with E-state index in [9.17, 15) is 9.90 Å². The van der Waals surface area contributed by atoms with Crippen molar-refractivity contribution < 1.29 is 9.90 Å². The Morgan fingerprint density at radius 2 is 2.27 bits per heavy atom. The van der Waals surface area contributed by atoms with Gasteiger partial charge in [0, 0.05) is 43.8 Å². The fraction of sp³-hybridized carbons (Fsp3) is 0.750. The van der Waals surface area contributed by atoms with Crippen molar-refractivity contribution in [2.24, 2.45) is 5.92 Å². The smallest absolute Gasteiger partial charge is 0.317 e. The Balaban J connectivity index is 1.37. The maximum Gasteiger partial charge on any atom is 0.317 e. The standard InChI is InChI=1S/C16H25N3O2S/c1-19(9-12-3-2-4-14(12)20)16(21)17-8-7-15-18-13(10-22-15)11-5-6-11/h10-12,14,20H,2-9H2,1H3,(H,17,21). The average Bonchev–Trinajstić information content (AvgIpc) is 3.12. The summed E-state index contributed by atoms with van der Waals surface area (Å²) < 4.78 is 0. The lowest BCUT2D eigenvalue weighted by atomic mass is 10.1. The zero-order chi connectivity index (χ0) is 15.5. The molecular weight excluding hydrogens is 298 g/mol. The molecule has 0 bridgehead atoms. The average molecular weight is 323 g/mol. The maximum absolute atomic E-state index is 12.1. The number of urea groups is 1. The number of thiazole rings is 1. The van der Waals surface area contributed by atoms with Gasteiger partial charge in [0.05, 0.1) is 16.8 Å². The van der Waals surface area contributed by atoms with Crippen LogP contribution in [0, 0.1) is 5.92 Å². The van der Waals surface area contributed by atoms with E-state index in [0.29, 0.717) is 19.0 Å². The van der Waals surface area contributed by atoms with Crippen LogP contribution in [-0.4, -0.2) is 47.3 Å². The number of nitrogens with one attached hydrogen (secondary N) is 1. The SMILES string of the molecule is CN(CC1CCCC1O)C(=O)NCCc1nc(C2CC2)cs1. The monoisotopic (exact) mass is 323 g/mol. The number of carbonyl (C=O) groups excluding carboxylic acids is 1. The molecule has 2 aliphatic carbocycles. The minimum atomic E-state index is -0.244. The predicted octanol–water partition coefficient (Wildman–Crippen LogP) is 2.37. The highest BCUT2D eigenvalue weighted by atomic mass is 32.1. The van der Waals surface area contributed by atoms with Crippen molar-refractivity contribution in [2.45, 2.75) is 50.5 Å². The summed E-state index contributed by atoms with van der Waals surface area (Å²) in [6, 6.07) is -0.0573. The summed E-state index contributed by atoms with van der Waals surface area (Å²) in [5, 5.41) is 16.0. The summed E-state index contributed by atoms with van der Waals surface area (Å²) in [7, 11) is 1.80. The third kappa shape index (κ3) is 3.98. The first-order chi connectivity index (χ1) is 10.6. The molecule has 2 fully saturated rings. The zero-order valence-electron chi connectivity index (χ0n) is 13.1. The Kier molecular flexibility index (Phi) is 4.98. The lowest BCUT2D eigenvalue weighted by Gasteiger charge is -2.23. The van der Waals surface area contributed by atoms with Gasteiger partial charge in [0.2, 0.25) is 0 Å². The van der Waals surface area contributed by atoms with Crippen molar-refractivity contribution in [1.29, 1.82) is 0 Å². The fourth-order valence-corrected chi connectivity index (χ4v) is 3.96. The summed E-state index contributed by atoms with van der Waals surface area (Å²) in [6.45, 7) is 1.25. The van der Waals surface area contributed by atoms with Gasteiger partial charge >= 0.3 is 6.03 Å². The van der Waals surface area contributed by atoms with Gasteiger partial charge in [0.25, 0.3) is 0 Å². The van der Waals surface area contributed by atoms with Crippen molar-refractivity contribution >= 4 is 17.4 Å². The van der Waals surface area contributed by atoms with Gasteiger partial charge in [0.15, 0.2) is 0 Å². The lowest BCUT2D eigenvalue weighted by Crippen LogP contribution is -2.41. The Morgan fingerprint density at radius 3 is 2.95 bits per heavy atom. The number of amides is 2. The maximum atomic E-state index is 12.1. The van der Waals surface area contributed by atoms with E-state index in [-0.39, 0.29) is 18.1 Å². The summed E-state index contributed by atoms with van der Waals surface area (Å²) in [5.74, 6) is 0.930. The third-order valence-electron chi connectivity index (χ3n) is 4.65. The van der Waals surface area contributed by atoms with Crippen LogP contribution < -0.4 is 5.32 Å². The van der Waals surface area contributed by atoms with Crippen LogP contribution in [0.2, 0.25) is 0 Å². The largest absolute Gasteiger partial charge is 0.393 e. The second-order valence-corrected chi connectivity index (χ2v) is 7.50. The summed E-state index contributed by atoms with van der Waals surface area (Å²) in [6.07, 6.45) is 6.05. The number of aliphatic hydroxyl groups excluding tert-OH is 1. The molecule has 2 amide bonds. The van der Waals surface area contributed by atoms with E-state index in [1.807, 2.05) is 0 Å². The number of aromatic nitrogens is 1. The van der Waals surface area contributed by atoms with Crippen LogP contribution in [0.15, 0.2) is 5.38 Å². The van der Waals surface area contributed by atoms with E-state index in [1.54, 1.807) is 23.3 Å². The Morgan fingerprint density at radius 1 is 1.45 bits per heavy atom. The van der Waals surface area contributed by atoms with Crippen molar-refractivity contribution in [3.8, 4) is 0 Å². The quantitative estimate of drug-likeness (QED) is 0.844. The minimum Gasteiger partial charge on any atom is -0.393 e. The van der Waals surface area contributed by atoms with Gasteiger partial charge < -0.3 is 15.3 Å². The molecule has 2 saturated carbocycles. The van der Waals surface area contributed by atoms with E-state index >= 15 is 0 Å². The molecule has 2 aliphatic rings. The molecule has 5 nitrogen and oxygen atoms in total. The Bertz CT molecular complexity index is 515. The van der Waals surface area contributed by atoms with Gasteiger partial charge in [-0.3, -0.25) is 0 Å². The Hall–Kier alpha value is -1.14. The molecule has 1 heterocycles. The summed E-state index contributed by atoms with van der Waals surface area (Å²) >= 11 is 1.70. The molecule has 0 spiro atoms. The van der Waals surface area contributed by atoms with Crippen molar-refractivity contribution in [3.05, 3.63) is 16.1 Å². The van der Waals surface area contributed by atoms with Gasteiger partial charge in [-0.15, -0.1) is 11.3 Å². The molecule has 122 valence electrons. The van der Waals surface area contributed by atoms with E-state index in [0.717, 1.165) is 30.7 Å². The first kappa shape index (κ1) is 15.7. The molecule has 0 aromatic carbocycles. The van der Waals surface area contributed by atoms with Crippen LogP contribution in [0.25, 0.3) is 0 Å². The molecule has 22 heavy (non-hydrogen) atoms. The molecule has 2 N–H and O–H groups in total. The summed E-state index contributed by atoms with van der Waals surface area (Å²) in [5.41, 5.74) is 1.23. The fourth-order valence-electron chi connectivity index (χ4n) is 3.08. The molecule has 1 aromatic heterocycles. The van der Waals surface area contributed by atoms with Crippen LogP contribution in [0.4, 0.5) is 4.79 Å². The lowest BCUT2D eigenvalue weighted by molar-refractivity contribution is 0.114. The second-order valence-electron chi connectivity index (χ2n) is 6.56. The third-order valence-corrected chi connectivity index (χ3v) is 5.58. The molecule has 3 rings (SSSR count). The van der Waals surface area contributed by atoms with E-state index in [2.05, 4.69) is 15.7 Å². The highest BCUT2D eigenvalue weighted by Crippen LogP contribution is 2.40. The van der Waals surface area contributed by atoms with Crippen LogP contribution in [0.5, 0.6) is 0 Å². The normalized spacial score (nSPS) is 24.5. The first-order valence-corrected chi connectivity index (χ1v) is 9.13. The topological polar surface area (TPSA) is 65.5 Å². The van der Waals surface area contributed by atoms with Gasteiger partial charge in [-0.25, -0.2) is 9.78 Å². The molecule has 1 aromatic rings. The van der Waals surface area contributed by atoms with Gasteiger partial charge in [-0.05, 0) is 25.7 Å². The van der Waals surface area contributed by atoms with Gasteiger partial charge in [-0.1, -0.05) is 6.42 Å². The second kappa shape index (κ2) is 6.96. The number of rotatable bonds is 6. The number of aliphatic hydroxyl groups is 1. The van der Waals surface area contributed by atoms with E-state index < -0.39 is 0 Å². The number of carbonyl (C=O) groups is 1. The zero-order valence-corrected chi connectivity index (χ0v) is 13.9. The molecule has 0 aliphatic heterocycles. The number of hydrogen-bond acceptors (Lipinski definition) is 4. The molecule has 0 saturated heterocycles. The van der Waals surface area contributed by atoms with Gasteiger partial charge in [-0.2, -0.15) is 0 Å². The van der Waals surface area contributed by atoms with Crippen molar-refractivity contribution in [2.75, 3.05) is 20.1 Å². The van der Waals surface area contributed by atoms with E-state index in [1.165, 1.54) is 18.5 Å². The molecule has 2 atom stereocenters. The molecule has 0 radical (unpaired) electrons. The molecule has 6 heteroatoms. The molecular formula is C16H25N3O2S. The van der Waals surface area contributed by atoms with Crippen LogP contribution in [0.3, 0.4) is 0 Å². The minimum absolute atomic E-state index is 0.0573. The van der Waals surface area contributed by atoms with Crippen molar-refractivity contribution in [3.63, 3.8) is 0 Å². The van der Waals surface area contributed by atoms with E-state index in [4.69, 9.17) is 0 Å². The highest BCUT2D eigenvalue weighted by Gasteiger charge is 2.27. The highest BCUT2D eigenvalue weighted by molar-refractivity contribution is 7.09. The van der Waals surface area contributed by atoms with Gasteiger partial charge in [0.1, 0.15) is 0 Å². The van der Waals surface area contributed by atoms with Crippen LogP contribution in [-0.2, 0) is 6.42 Å². The summed E-state index contributed by atoms with van der Waals surface area (Å²) in [4.78, 5) is 18.4. The predicted molar refractivity (Wildman–Crippen MR) is 87.2 cm³/mol. The Labute approximate surface area is 135 Å².